The Morgan fingerprint density at radius 3 is 2.47 bits per heavy atom. The van der Waals surface area contributed by atoms with E-state index >= 15 is 0 Å². The number of nitrogens with one attached hydrogen (secondary N) is 1. The van der Waals surface area contributed by atoms with Crippen LogP contribution in [0.25, 0.3) is 0 Å². The lowest BCUT2D eigenvalue weighted by Gasteiger charge is -2.67. The van der Waals surface area contributed by atoms with Gasteiger partial charge in [-0.2, -0.15) is 0 Å². The molecule has 3 saturated heterocycles. The maximum Gasteiger partial charge on any atom is 0.338 e. The van der Waals surface area contributed by atoms with Gasteiger partial charge in [-0.05, 0) is 101 Å². The van der Waals surface area contributed by atoms with E-state index in [1.54, 1.807) is 19.1 Å². The SMILES string of the molecule is CC1CC2(NC(=O)CS2)C2(O)OC3CC4(COC(=O)c5ccccc5)C(CCC5C4CCC4(C)C(C6C=CC(=O)O6)CCC54O)CC3OC2(C)O1. The number of aliphatic hydroxyl groups is 2. The van der Waals surface area contributed by atoms with Crippen molar-refractivity contribution in [2.75, 3.05) is 12.4 Å². The van der Waals surface area contributed by atoms with Gasteiger partial charge in [-0.25, -0.2) is 9.59 Å². The first-order valence-electron chi connectivity index (χ1n) is 18.8. The molecule has 0 bridgehead atoms. The topological polar surface area (TPSA) is 150 Å². The van der Waals surface area contributed by atoms with Crippen LogP contribution < -0.4 is 5.32 Å². The first-order chi connectivity index (χ1) is 24.2. The highest BCUT2D eigenvalue weighted by molar-refractivity contribution is 8.01. The van der Waals surface area contributed by atoms with E-state index in [-0.39, 0.29) is 60.1 Å². The van der Waals surface area contributed by atoms with Crippen LogP contribution in [0, 0.1) is 34.5 Å². The Bertz CT molecular complexity index is 1660. The van der Waals surface area contributed by atoms with Crippen LogP contribution in [0.1, 0.15) is 88.9 Å². The number of ether oxygens (including phenoxy) is 5. The third-order valence-electron chi connectivity index (χ3n) is 14.8. The van der Waals surface area contributed by atoms with Gasteiger partial charge in [-0.3, -0.25) is 4.79 Å². The monoisotopic (exact) mass is 723 g/mol. The zero-order valence-corrected chi connectivity index (χ0v) is 30.3. The fourth-order valence-corrected chi connectivity index (χ4v) is 13.9. The number of benzene rings is 1. The van der Waals surface area contributed by atoms with Gasteiger partial charge in [0.2, 0.25) is 11.7 Å². The van der Waals surface area contributed by atoms with E-state index in [2.05, 4.69) is 12.2 Å². The number of carbonyl (C=O) groups is 3. The molecule has 51 heavy (non-hydrogen) atoms. The van der Waals surface area contributed by atoms with Crippen LogP contribution in [0.3, 0.4) is 0 Å². The van der Waals surface area contributed by atoms with Gasteiger partial charge >= 0.3 is 11.9 Å². The first kappa shape index (κ1) is 34.3. The van der Waals surface area contributed by atoms with Crippen molar-refractivity contribution in [2.24, 2.45) is 34.5 Å². The number of fused-ring (bicyclic) bond motifs is 8. The molecule has 0 aromatic heterocycles. The summed E-state index contributed by atoms with van der Waals surface area (Å²) in [7, 11) is 0. The first-order valence-corrected chi connectivity index (χ1v) is 19.8. The van der Waals surface area contributed by atoms with Crippen LogP contribution in [0.4, 0.5) is 0 Å². The summed E-state index contributed by atoms with van der Waals surface area (Å²) in [6.45, 7) is 5.97. The van der Waals surface area contributed by atoms with Gasteiger partial charge in [0.05, 0.1) is 41.8 Å². The van der Waals surface area contributed by atoms with E-state index in [1.165, 1.54) is 17.8 Å². The highest BCUT2D eigenvalue weighted by Crippen LogP contribution is 2.71. The van der Waals surface area contributed by atoms with Crippen molar-refractivity contribution in [1.29, 1.82) is 0 Å². The lowest BCUT2D eigenvalue weighted by molar-refractivity contribution is -0.492. The fourth-order valence-electron chi connectivity index (χ4n) is 12.5. The molecule has 12 heteroatoms. The molecule has 1 spiro atoms. The minimum Gasteiger partial charge on any atom is -0.461 e. The highest BCUT2D eigenvalue weighted by Gasteiger charge is 2.76. The van der Waals surface area contributed by atoms with Crippen molar-refractivity contribution in [1.82, 2.24) is 5.32 Å². The molecule has 7 fully saturated rings. The Balaban J connectivity index is 1.07. The van der Waals surface area contributed by atoms with Crippen LogP contribution in [-0.4, -0.2) is 86.9 Å². The second kappa shape index (κ2) is 11.5. The summed E-state index contributed by atoms with van der Waals surface area (Å²) in [5.41, 5.74) is -1.55. The van der Waals surface area contributed by atoms with Gasteiger partial charge in [0.15, 0.2) is 0 Å². The molecule has 1 aromatic carbocycles. The molecule has 1 amide bonds. The second-order valence-electron chi connectivity index (χ2n) is 17.1. The zero-order chi connectivity index (χ0) is 35.6. The Morgan fingerprint density at radius 2 is 1.75 bits per heavy atom. The van der Waals surface area contributed by atoms with Gasteiger partial charge in [0, 0.05) is 29.2 Å². The number of hydrogen-bond acceptors (Lipinski definition) is 11. The molecule has 8 aliphatic rings. The molecule has 9 rings (SSSR count). The molecule has 14 unspecified atom stereocenters. The number of hydrogen-bond donors (Lipinski definition) is 3. The quantitative estimate of drug-likeness (QED) is 0.303. The summed E-state index contributed by atoms with van der Waals surface area (Å²) >= 11 is 1.34. The number of thioether (sulfide) groups is 1. The average Bonchev–Trinajstić information content (AvgIpc) is 3.77. The van der Waals surface area contributed by atoms with E-state index in [4.69, 9.17) is 23.7 Å². The Morgan fingerprint density at radius 1 is 0.961 bits per heavy atom. The van der Waals surface area contributed by atoms with Crippen molar-refractivity contribution in [3.63, 3.8) is 0 Å². The van der Waals surface area contributed by atoms with E-state index in [9.17, 15) is 24.6 Å². The fraction of sp³-hybridized carbons (Fsp3) is 0.718. The minimum atomic E-state index is -1.98. The van der Waals surface area contributed by atoms with E-state index in [0.29, 0.717) is 31.2 Å². The van der Waals surface area contributed by atoms with E-state index in [0.717, 1.165) is 32.1 Å². The lowest BCUT2D eigenvalue weighted by atomic mass is 9.42. The zero-order valence-electron chi connectivity index (χ0n) is 29.5. The molecule has 0 radical (unpaired) electrons. The van der Waals surface area contributed by atoms with Crippen LogP contribution >= 0.6 is 11.8 Å². The average molecular weight is 724 g/mol. The van der Waals surface area contributed by atoms with Crippen molar-refractivity contribution in [3.8, 4) is 0 Å². The Kier molecular flexibility index (Phi) is 7.74. The summed E-state index contributed by atoms with van der Waals surface area (Å²) < 4.78 is 32.1. The predicted octanol–water partition coefficient (Wildman–Crippen LogP) is 4.25. The van der Waals surface area contributed by atoms with Crippen molar-refractivity contribution < 1.29 is 48.3 Å². The normalized spacial score (nSPS) is 51.1. The van der Waals surface area contributed by atoms with Crippen molar-refractivity contribution in [2.45, 2.75) is 125 Å². The molecular formula is C39H49NO10S. The number of rotatable bonds is 4. The Hall–Kier alpha value is -2.48. The molecule has 1 aromatic rings. The van der Waals surface area contributed by atoms with Crippen LogP contribution in [0.15, 0.2) is 42.5 Å². The summed E-state index contributed by atoms with van der Waals surface area (Å²) in [6, 6.07) is 9.00. The van der Waals surface area contributed by atoms with Crippen LogP contribution in [0.2, 0.25) is 0 Å². The second-order valence-corrected chi connectivity index (χ2v) is 18.4. The third kappa shape index (κ3) is 4.71. The minimum absolute atomic E-state index is 0.00275. The molecule has 4 saturated carbocycles. The Labute approximate surface area is 302 Å². The summed E-state index contributed by atoms with van der Waals surface area (Å²) in [4.78, 5) is 37.2. The maximum absolute atomic E-state index is 13.6. The molecular weight excluding hydrogens is 674 g/mol. The van der Waals surface area contributed by atoms with Gasteiger partial charge in [-0.15, -0.1) is 11.8 Å². The molecule has 276 valence electrons. The van der Waals surface area contributed by atoms with Crippen LogP contribution in [0.5, 0.6) is 0 Å². The highest BCUT2D eigenvalue weighted by atomic mass is 32.2. The molecule has 4 aliphatic heterocycles. The smallest absolute Gasteiger partial charge is 0.338 e. The number of carbonyl (C=O) groups excluding carboxylic acids is 3. The summed E-state index contributed by atoms with van der Waals surface area (Å²) in [6.07, 6.45) is 7.71. The van der Waals surface area contributed by atoms with E-state index < -0.39 is 51.1 Å². The van der Waals surface area contributed by atoms with Gasteiger partial charge in [-0.1, -0.05) is 25.1 Å². The maximum atomic E-state index is 13.6. The molecule has 11 nitrogen and oxygen atoms in total. The van der Waals surface area contributed by atoms with Crippen molar-refractivity contribution >= 4 is 29.6 Å². The van der Waals surface area contributed by atoms with Crippen LogP contribution in [-0.2, 0) is 33.3 Å². The largest absolute Gasteiger partial charge is 0.461 e. The summed E-state index contributed by atoms with van der Waals surface area (Å²) in [5.74, 6) is -4.16. The predicted molar refractivity (Wildman–Crippen MR) is 184 cm³/mol. The third-order valence-corrected chi connectivity index (χ3v) is 16.3. The molecule has 3 N–H and O–H groups in total. The number of cyclic esters (lactones) is 1. The van der Waals surface area contributed by atoms with E-state index in [1.807, 2.05) is 31.2 Å². The van der Waals surface area contributed by atoms with Gasteiger partial charge < -0.3 is 39.2 Å². The molecule has 14 atom stereocenters. The lowest BCUT2D eigenvalue weighted by Crippen LogP contribution is -2.81. The van der Waals surface area contributed by atoms with Crippen molar-refractivity contribution in [3.05, 3.63) is 48.0 Å². The number of esters is 2. The molecule has 4 aliphatic carbocycles. The number of amides is 1. The molecule has 4 heterocycles. The summed E-state index contributed by atoms with van der Waals surface area (Å²) in [5, 5.41) is 28.6. The standard InChI is InChI=1S/C39H49NO10S/c1-22-18-38(40-31(41)20-51-38)39(45)35(3,48-22)49-29-17-24-9-10-26-25(13-15-34(2)27(14-16-37(26,34)44)28-11-12-32(42)47-28)36(24,19-30(29)50-39)21-46-33(43)23-7-5-4-6-8-23/h4-8,11-12,22,24-30,44-45H,9-10,13-21H2,1-3H3,(H,40,41). The van der Waals surface area contributed by atoms with Gasteiger partial charge in [0.1, 0.15) is 11.0 Å². The van der Waals surface area contributed by atoms with Gasteiger partial charge in [0.25, 0.3) is 5.79 Å².